The third-order valence-electron chi connectivity index (χ3n) is 3.28. The molecule has 1 aromatic carbocycles. The molecule has 0 aliphatic heterocycles. The highest BCUT2D eigenvalue weighted by Gasteiger charge is 2.00. The van der Waals surface area contributed by atoms with Gasteiger partial charge in [-0.15, -0.1) is 0 Å². The lowest BCUT2D eigenvalue weighted by Crippen LogP contribution is -2.39. The molecule has 0 amide bonds. The number of hydrogen-bond donors (Lipinski definition) is 2. The monoisotopic (exact) mass is 335 g/mol. The van der Waals surface area contributed by atoms with Gasteiger partial charge in [0, 0.05) is 19.7 Å². The molecule has 0 spiro atoms. The van der Waals surface area contributed by atoms with Crippen LogP contribution in [0.2, 0.25) is 0 Å². The summed E-state index contributed by atoms with van der Waals surface area (Å²) >= 11 is 0. The summed E-state index contributed by atoms with van der Waals surface area (Å²) in [5.41, 5.74) is 2.35. The van der Waals surface area contributed by atoms with Crippen molar-refractivity contribution in [2.45, 2.75) is 40.8 Å². The second-order valence-electron chi connectivity index (χ2n) is 6.04. The molecule has 0 bridgehead atoms. The standard InChI is InChI=1S/C19H33N3O2/c1-5-20-19(21-13-16(3)4)22-14-17-8-7-9-18(12-17)15-24-11-10-23-6-2/h7-9,12,16H,5-6,10-11,13-15H2,1-4H3,(H2,20,21,22). The molecular weight excluding hydrogens is 302 g/mol. The van der Waals surface area contributed by atoms with Gasteiger partial charge >= 0.3 is 0 Å². The lowest BCUT2D eigenvalue weighted by Gasteiger charge is -2.13. The zero-order valence-corrected chi connectivity index (χ0v) is 15.6. The molecule has 5 heteroatoms. The highest BCUT2D eigenvalue weighted by atomic mass is 16.5. The lowest BCUT2D eigenvalue weighted by molar-refractivity contribution is 0.0453. The molecule has 136 valence electrons. The van der Waals surface area contributed by atoms with Gasteiger partial charge in [-0.3, -0.25) is 0 Å². The molecule has 0 heterocycles. The molecule has 1 aromatic rings. The average Bonchev–Trinajstić information content (AvgIpc) is 2.57. The molecule has 5 nitrogen and oxygen atoms in total. The van der Waals surface area contributed by atoms with Gasteiger partial charge in [-0.2, -0.15) is 0 Å². The molecule has 0 aliphatic carbocycles. The fourth-order valence-electron chi connectivity index (χ4n) is 2.08. The van der Waals surface area contributed by atoms with Crippen molar-refractivity contribution in [3.63, 3.8) is 0 Å². The number of benzene rings is 1. The molecule has 0 radical (unpaired) electrons. The van der Waals surface area contributed by atoms with E-state index in [1.807, 2.05) is 6.92 Å². The van der Waals surface area contributed by atoms with Crippen molar-refractivity contribution in [2.75, 3.05) is 32.9 Å². The predicted octanol–water partition coefficient (Wildman–Crippen LogP) is 2.95. The van der Waals surface area contributed by atoms with Crippen molar-refractivity contribution < 1.29 is 9.47 Å². The quantitative estimate of drug-likeness (QED) is 0.371. The van der Waals surface area contributed by atoms with Crippen LogP contribution in [0.5, 0.6) is 0 Å². The second kappa shape index (κ2) is 12.8. The Hall–Kier alpha value is -1.59. The van der Waals surface area contributed by atoms with E-state index in [0.29, 0.717) is 32.3 Å². The number of aliphatic imine (C=N–C) groups is 1. The molecule has 0 fully saturated rings. The van der Waals surface area contributed by atoms with E-state index in [1.165, 1.54) is 11.1 Å². The van der Waals surface area contributed by atoms with Crippen molar-refractivity contribution in [2.24, 2.45) is 10.9 Å². The third-order valence-corrected chi connectivity index (χ3v) is 3.28. The Kier molecular flexibility index (Phi) is 10.9. The molecular formula is C19H33N3O2. The van der Waals surface area contributed by atoms with Crippen molar-refractivity contribution in [3.8, 4) is 0 Å². The maximum Gasteiger partial charge on any atom is 0.191 e. The number of nitrogens with one attached hydrogen (secondary N) is 2. The van der Waals surface area contributed by atoms with Gasteiger partial charge in [-0.1, -0.05) is 38.1 Å². The van der Waals surface area contributed by atoms with Gasteiger partial charge in [0.1, 0.15) is 0 Å². The number of rotatable bonds is 11. The smallest absolute Gasteiger partial charge is 0.191 e. The number of nitrogens with zero attached hydrogens (tertiary/aromatic N) is 1. The van der Waals surface area contributed by atoms with Crippen LogP contribution in [0.4, 0.5) is 0 Å². The largest absolute Gasteiger partial charge is 0.379 e. The lowest BCUT2D eigenvalue weighted by atomic mass is 10.1. The molecule has 0 atom stereocenters. The molecule has 2 N–H and O–H groups in total. The van der Waals surface area contributed by atoms with Crippen LogP contribution in [0.25, 0.3) is 0 Å². The van der Waals surface area contributed by atoms with Gasteiger partial charge in [-0.25, -0.2) is 4.99 Å². The molecule has 0 saturated heterocycles. The van der Waals surface area contributed by atoms with Crippen LogP contribution >= 0.6 is 0 Å². The van der Waals surface area contributed by atoms with E-state index >= 15 is 0 Å². The average molecular weight is 335 g/mol. The molecule has 1 rings (SSSR count). The van der Waals surface area contributed by atoms with Crippen LogP contribution in [-0.4, -0.2) is 38.9 Å². The minimum atomic E-state index is 0.589. The minimum Gasteiger partial charge on any atom is -0.379 e. The summed E-state index contributed by atoms with van der Waals surface area (Å²) in [6, 6.07) is 8.38. The maximum atomic E-state index is 5.62. The highest BCUT2D eigenvalue weighted by Crippen LogP contribution is 2.08. The van der Waals surface area contributed by atoms with Crippen LogP contribution in [0.1, 0.15) is 38.8 Å². The first-order valence-electron chi connectivity index (χ1n) is 8.91. The Bertz CT molecular complexity index is 475. The first kappa shape index (κ1) is 20.5. The molecule has 0 aromatic heterocycles. The van der Waals surface area contributed by atoms with E-state index in [-0.39, 0.29) is 0 Å². The van der Waals surface area contributed by atoms with Crippen LogP contribution in [0, 0.1) is 5.92 Å². The van der Waals surface area contributed by atoms with Crippen molar-refractivity contribution >= 4 is 5.96 Å². The first-order valence-corrected chi connectivity index (χ1v) is 8.91. The summed E-state index contributed by atoms with van der Waals surface area (Å²) in [6.07, 6.45) is 0. The Balaban J connectivity index is 2.50. The van der Waals surface area contributed by atoms with Crippen LogP contribution in [0.3, 0.4) is 0 Å². The van der Waals surface area contributed by atoms with Crippen LogP contribution in [-0.2, 0) is 22.6 Å². The zero-order valence-electron chi connectivity index (χ0n) is 15.6. The highest BCUT2D eigenvalue weighted by molar-refractivity contribution is 5.79. The van der Waals surface area contributed by atoms with E-state index < -0.39 is 0 Å². The van der Waals surface area contributed by atoms with E-state index in [1.54, 1.807) is 0 Å². The Morgan fingerprint density at radius 1 is 1.08 bits per heavy atom. The Morgan fingerprint density at radius 3 is 2.54 bits per heavy atom. The van der Waals surface area contributed by atoms with E-state index in [9.17, 15) is 0 Å². The molecule has 0 unspecified atom stereocenters. The molecule has 24 heavy (non-hydrogen) atoms. The van der Waals surface area contributed by atoms with Crippen LogP contribution < -0.4 is 10.6 Å². The number of hydrogen-bond acceptors (Lipinski definition) is 3. The Morgan fingerprint density at radius 2 is 1.83 bits per heavy atom. The topological polar surface area (TPSA) is 54.9 Å². The van der Waals surface area contributed by atoms with Crippen molar-refractivity contribution in [1.82, 2.24) is 10.6 Å². The van der Waals surface area contributed by atoms with Crippen molar-refractivity contribution in [1.29, 1.82) is 0 Å². The van der Waals surface area contributed by atoms with E-state index in [4.69, 9.17) is 9.47 Å². The van der Waals surface area contributed by atoms with E-state index in [0.717, 1.165) is 25.7 Å². The van der Waals surface area contributed by atoms with Crippen LogP contribution in [0.15, 0.2) is 29.3 Å². The zero-order chi connectivity index (χ0) is 17.6. The second-order valence-corrected chi connectivity index (χ2v) is 6.04. The van der Waals surface area contributed by atoms with Gasteiger partial charge in [-0.05, 0) is 30.9 Å². The summed E-state index contributed by atoms with van der Waals surface area (Å²) < 4.78 is 10.9. The number of ether oxygens (including phenoxy) is 2. The predicted molar refractivity (Wildman–Crippen MR) is 100 cm³/mol. The minimum absolute atomic E-state index is 0.589. The maximum absolute atomic E-state index is 5.62. The first-order chi connectivity index (χ1) is 11.7. The fraction of sp³-hybridized carbons (Fsp3) is 0.632. The van der Waals surface area contributed by atoms with Crippen molar-refractivity contribution in [3.05, 3.63) is 35.4 Å². The normalized spacial score (nSPS) is 11.8. The van der Waals surface area contributed by atoms with Gasteiger partial charge in [0.15, 0.2) is 5.96 Å². The SMILES string of the molecule is CCNC(=NCc1cccc(COCCOCC)c1)NCC(C)C. The third kappa shape index (κ3) is 9.53. The summed E-state index contributed by atoms with van der Waals surface area (Å²) in [6.45, 7) is 13.5. The summed E-state index contributed by atoms with van der Waals surface area (Å²) in [5.74, 6) is 1.45. The van der Waals surface area contributed by atoms with E-state index in [2.05, 4.69) is 60.7 Å². The van der Waals surface area contributed by atoms with Gasteiger partial charge < -0.3 is 20.1 Å². The summed E-state index contributed by atoms with van der Waals surface area (Å²) in [7, 11) is 0. The van der Waals surface area contributed by atoms with Gasteiger partial charge in [0.25, 0.3) is 0 Å². The Labute approximate surface area is 146 Å². The summed E-state index contributed by atoms with van der Waals surface area (Å²) in [4.78, 5) is 4.65. The number of guanidine groups is 1. The van der Waals surface area contributed by atoms with Gasteiger partial charge in [0.2, 0.25) is 0 Å². The fourth-order valence-corrected chi connectivity index (χ4v) is 2.08. The molecule has 0 saturated carbocycles. The summed E-state index contributed by atoms with van der Waals surface area (Å²) in [5, 5.41) is 6.64. The van der Waals surface area contributed by atoms with Gasteiger partial charge in [0.05, 0.1) is 26.4 Å². The molecule has 0 aliphatic rings.